The maximum atomic E-state index is 14.4. The van der Waals surface area contributed by atoms with Gasteiger partial charge in [-0.05, 0) is 59.1 Å². The summed E-state index contributed by atoms with van der Waals surface area (Å²) in [7, 11) is 0. The van der Waals surface area contributed by atoms with Crippen molar-refractivity contribution in [2.75, 3.05) is 23.7 Å². The molecule has 0 radical (unpaired) electrons. The van der Waals surface area contributed by atoms with E-state index >= 15 is 0 Å². The Labute approximate surface area is 174 Å². The van der Waals surface area contributed by atoms with Gasteiger partial charge in [0.15, 0.2) is 0 Å². The van der Waals surface area contributed by atoms with Gasteiger partial charge in [0, 0.05) is 18.8 Å². The quantitative estimate of drug-likeness (QED) is 0.598. The molecule has 152 valence electrons. The minimum absolute atomic E-state index is 0.0407. The van der Waals surface area contributed by atoms with Gasteiger partial charge >= 0.3 is 6.09 Å². The number of nitrogens with one attached hydrogen (secondary N) is 2. The average molecular weight is 465 g/mol. The minimum Gasteiger partial charge on any atom is -0.465 e. The van der Waals surface area contributed by atoms with Crippen molar-refractivity contribution in [3.63, 3.8) is 0 Å². The second-order valence-electron chi connectivity index (χ2n) is 6.55. The highest BCUT2D eigenvalue weighted by Gasteiger charge is 2.28. The highest BCUT2D eigenvalue weighted by Crippen LogP contribution is 2.23. The van der Waals surface area contributed by atoms with Crippen LogP contribution in [0.1, 0.15) is 23.3 Å². The van der Waals surface area contributed by atoms with Crippen LogP contribution in [0.5, 0.6) is 0 Å². The van der Waals surface area contributed by atoms with E-state index in [9.17, 15) is 18.8 Å². The lowest BCUT2D eigenvalue weighted by Crippen LogP contribution is -2.43. The van der Waals surface area contributed by atoms with Crippen LogP contribution in [-0.4, -0.2) is 46.0 Å². The van der Waals surface area contributed by atoms with Crippen LogP contribution in [0.15, 0.2) is 41.0 Å². The SMILES string of the molecule is O=C(Nc1ccc(NC(=O)[C@@H]2CCCN(C(=O)O)C2)c(F)c1)c1cccc(Br)n1. The van der Waals surface area contributed by atoms with Crippen molar-refractivity contribution in [2.24, 2.45) is 5.92 Å². The number of piperidine rings is 1. The maximum absolute atomic E-state index is 14.4. The number of aromatic nitrogens is 1. The third kappa shape index (κ3) is 5.29. The molecule has 0 saturated carbocycles. The summed E-state index contributed by atoms with van der Waals surface area (Å²) in [5.74, 6) is -2.20. The number of rotatable bonds is 4. The summed E-state index contributed by atoms with van der Waals surface area (Å²) in [6, 6.07) is 8.75. The third-order valence-electron chi connectivity index (χ3n) is 4.50. The number of benzene rings is 1. The van der Waals surface area contributed by atoms with Crippen LogP contribution in [-0.2, 0) is 4.79 Å². The lowest BCUT2D eigenvalue weighted by atomic mass is 9.97. The third-order valence-corrected chi connectivity index (χ3v) is 4.94. The Balaban J connectivity index is 1.64. The molecule has 3 rings (SSSR count). The molecule has 0 spiro atoms. The van der Waals surface area contributed by atoms with Crippen LogP contribution in [0.2, 0.25) is 0 Å². The van der Waals surface area contributed by atoms with E-state index in [2.05, 4.69) is 31.5 Å². The van der Waals surface area contributed by atoms with Crippen molar-refractivity contribution in [3.8, 4) is 0 Å². The fourth-order valence-electron chi connectivity index (χ4n) is 3.02. The van der Waals surface area contributed by atoms with Crippen molar-refractivity contribution >= 4 is 45.2 Å². The first-order valence-electron chi connectivity index (χ1n) is 8.85. The molecule has 0 bridgehead atoms. The fraction of sp³-hybridized carbons (Fsp3) is 0.263. The van der Waals surface area contributed by atoms with Crippen LogP contribution in [0.3, 0.4) is 0 Å². The number of likely N-dealkylation sites (tertiary alicyclic amines) is 1. The van der Waals surface area contributed by atoms with Gasteiger partial charge in [0.1, 0.15) is 16.1 Å². The van der Waals surface area contributed by atoms with Crippen LogP contribution >= 0.6 is 15.9 Å². The molecule has 2 heterocycles. The molecule has 1 atom stereocenters. The summed E-state index contributed by atoms with van der Waals surface area (Å²) in [6.45, 7) is 0.464. The molecule has 2 aromatic rings. The molecule has 1 aliphatic heterocycles. The number of hydrogen-bond donors (Lipinski definition) is 3. The molecular weight excluding hydrogens is 447 g/mol. The highest BCUT2D eigenvalue weighted by atomic mass is 79.9. The first-order chi connectivity index (χ1) is 13.8. The van der Waals surface area contributed by atoms with Gasteiger partial charge in [0.2, 0.25) is 5.91 Å². The Bertz CT molecular complexity index is 956. The number of hydrogen-bond acceptors (Lipinski definition) is 4. The molecule has 29 heavy (non-hydrogen) atoms. The molecule has 1 aromatic carbocycles. The van der Waals surface area contributed by atoms with E-state index in [-0.39, 0.29) is 23.6 Å². The predicted octanol–water partition coefficient (Wildman–Crippen LogP) is 3.56. The molecule has 10 heteroatoms. The highest BCUT2D eigenvalue weighted by molar-refractivity contribution is 9.10. The van der Waals surface area contributed by atoms with Crippen LogP contribution in [0.4, 0.5) is 20.6 Å². The number of carbonyl (C=O) groups is 3. The van der Waals surface area contributed by atoms with Crippen molar-refractivity contribution in [1.82, 2.24) is 9.88 Å². The molecule has 0 aliphatic carbocycles. The Morgan fingerprint density at radius 3 is 2.69 bits per heavy atom. The van der Waals surface area contributed by atoms with Crippen molar-refractivity contribution in [2.45, 2.75) is 12.8 Å². The van der Waals surface area contributed by atoms with Crippen LogP contribution < -0.4 is 10.6 Å². The Morgan fingerprint density at radius 2 is 2.00 bits per heavy atom. The molecule has 1 saturated heterocycles. The fourth-order valence-corrected chi connectivity index (χ4v) is 3.37. The number of carboxylic acid groups (broad SMARTS) is 1. The maximum Gasteiger partial charge on any atom is 0.407 e. The molecule has 0 unspecified atom stereocenters. The largest absolute Gasteiger partial charge is 0.465 e. The topological polar surface area (TPSA) is 112 Å². The number of nitrogens with zero attached hydrogens (tertiary/aromatic N) is 2. The van der Waals surface area contributed by atoms with Crippen LogP contribution in [0, 0.1) is 11.7 Å². The predicted molar refractivity (Wildman–Crippen MR) is 107 cm³/mol. The zero-order valence-electron chi connectivity index (χ0n) is 15.2. The lowest BCUT2D eigenvalue weighted by Gasteiger charge is -2.29. The number of halogens is 2. The molecule has 1 aromatic heterocycles. The number of anilines is 2. The first-order valence-corrected chi connectivity index (χ1v) is 9.65. The lowest BCUT2D eigenvalue weighted by molar-refractivity contribution is -0.121. The van der Waals surface area contributed by atoms with E-state index in [1.54, 1.807) is 12.1 Å². The molecular formula is C19H18BrFN4O4. The van der Waals surface area contributed by atoms with Gasteiger partial charge in [-0.15, -0.1) is 0 Å². The van der Waals surface area contributed by atoms with Gasteiger partial charge in [0.05, 0.1) is 11.6 Å². The van der Waals surface area contributed by atoms with Gasteiger partial charge in [-0.3, -0.25) is 9.59 Å². The van der Waals surface area contributed by atoms with Gasteiger partial charge in [-0.1, -0.05) is 6.07 Å². The van der Waals surface area contributed by atoms with Gasteiger partial charge in [-0.25, -0.2) is 14.2 Å². The van der Waals surface area contributed by atoms with Crippen LogP contribution in [0.25, 0.3) is 0 Å². The molecule has 3 amide bonds. The first kappa shape index (κ1) is 20.7. The average Bonchev–Trinajstić information content (AvgIpc) is 2.70. The molecule has 3 N–H and O–H groups in total. The standard InChI is InChI=1S/C19H18BrFN4O4/c20-16-5-1-4-15(23-16)18(27)22-12-6-7-14(13(21)9-12)24-17(26)11-3-2-8-25(10-11)19(28)29/h1,4-7,9,11H,2-3,8,10H2,(H,22,27)(H,24,26)(H,28,29)/t11-/m1/s1. The van der Waals surface area contributed by atoms with E-state index < -0.39 is 29.6 Å². The summed E-state index contributed by atoms with van der Waals surface area (Å²) in [5, 5.41) is 14.1. The summed E-state index contributed by atoms with van der Waals surface area (Å²) in [4.78, 5) is 40.9. The van der Waals surface area contributed by atoms with Crippen molar-refractivity contribution in [3.05, 3.63) is 52.5 Å². The van der Waals surface area contributed by atoms with Gasteiger partial charge in [0.25, 0.3) is 5.91 Å². The van der Waals surface area contributed by atoms with E-state index in [1.807, 2.05) is 0 Å². The Morgan fingerprint density at radius 1 is 1.21 bits per heavy atom. The normalized spacial score (nSPS) is 16.2. The summed E-state index contributed by atoms with van der Waals surface area (Å²) < 4.78 is 14.9. The second kappa shape index (κ2) is 8.99. The summed E-state index contributed by atoms with van der Waals surface area (Å²) in [5.41, 5.74) is 0.334. The number of carbonyl (C=O) groups excluding carboxylic acids is 2. The van der Waals surface area contributed by atoms with E-state index in [4.69, 9.17) is 5.11 Å². The minimum atomic E-state index is -1.08. The zero-order chi connectivity index (χ0) is 21.0. The molecule has 1 fully saturated rings. The Hall–Kier alpha value is -3.01. The second-order valence-corrected chi connectivity index (χ2v) is 7.36. The van der Waals surface area contributed by atoms with E-state index in [0.717, 1.165) is 6.07 Å². The molecule has 1 aliphatic rings. The number of amides is 3. The van der Waals surface area contributed by atoms with Crippen molar-refractivity contribution < 1.29 is 23.9 Å². The van der Waals surface area contributed by atoms with E-state index in [0.29, 0.717) is 24.0 Å². The Kier molecular flexibility index (Phi) is 6.42. The van der Waals surface area contributed by atoms with Gasteiger partial charge in [-0.2, -0.15) is 0 Å². The summed E-state index contributed by atoms with van der Waals surface area (Å²) >= 11 is 3.18. The smallest absolute Gasteiger partial charge is 0.407 e. The van der Waals surface area contributed by atoms with Gasteiger partial charge < -0.3 is 20.6 Å². The van der Waals surface area contributed by atoms with E-state index in [1.165, 1.54) is 23.1 Å². The van der Waals surface area contributed by atoms with Crippen molar-refractivity contribution in [1.29, 1.82) is 0 Å². The summed E-state index contributed by atoms with van der Waals surface area (Å²) in [6.07, 6.45) is 0.0284. The monoisotopic (exact) mass is 464 g/mol. The number of pyridine rings is 1. The molecule has 8 nitrogen and oxygen atoms in total. The zero-order valence-corrected chi connectivity index (χ0v) is 16.8.